The van der Waals surface area contributed by atoms with Crippen molar-refractivity contribution in [3.05, 3.63) is 150 Å². The molecule has 7 heteroatoms. The number of hydrogen-bond acceptors (Lipinski definition) is 5. The van der Waals surface area contributed by atoms with E-state index in [0.29, 0.717) is 31.1 Å². The van der Waals surface area contributed by atoms with Crippen molar-refractivity contribution in [2.24, 2.45) is 0 Å². The number of nitrogens with one attached hydrogen (secondary N) is 1. The second-order valence-corrected chi connectivity index (χ2v) is 12.2. The van der Waals surface area contributed by atoms with Crippen molar-refractivity contribution < 1.29 is 17.9 Å². The SMILES string of the molecule is Cc1c(NS(C)(=O)=O)cccc1N(Cc1ccccc1)Cc1ccc(Oc2cccc(OCCc3ccccc3)c2)cc1. The number of anilines is 2. The maximum atomic E-state index is 12.0. The largest absolute Gasteiger partial charge is 0.493 e. The van der Waals surface area contributed by atoms with Crippen molar-refractivity contribution in [3.8, 4) is 17.2 Å². The Morgan fingerprint density at radius 1 is 0.651 bits per heavy atom. The molecule has 0 fully saturated rings. The third-order valence-corrected chi connectivity index (χ3v) is 7.59. The van der Waals surface area contributed by atoms with Crippen LogP contribution in [0.15, 0.2) is 127 Å². The lowest BCUT2D eigenvalue weighted by Gasteiger charge is -2.28. The molecule has 43 heavy (non-hydrogen) atoms. The van der Waals surface area contributed by atoms with E-state index < -0.39 is 10.0 Å². The molecule has 0 aromatic heterocycles. The van der Waals surface area contributed by atoms with Gasteiger partial charge in [-0.3, -0.25) is 4.72 Å². The second kappa shape index (κ2) is 13.9. The second-order valence-electron chi connectivity index (χ2n) is 10.5. The lowest BCUT2D eigenvalue weighted by molar-refractivity contribution is 0.320. The van der Waals surface area contributed by atoms with Crippen LogP contribution in [0.3, 0.4) is 0 Å². The molecule has 0 radical (unpaired) electrons. The molecule has 0 aliphatic heterocycles. The molecule has 0 saturated carbocycles. The summed E-state index contributed by atoms with van der Waals surface area (Å²) in [5, 5.41) is 0. The molecule has 220 valence electrons. The van der Waals surface area contributed by atoms with E-state index in [1.54, 1.807) is 6.07 Å². The Labute approximate surface area is 254 Å². The topological polar surface area (TPSA) is 67.9 Å². The molecule has 0 heterocycles. The van der Waals surface area contributed by atoms with Gasteiger partial charge in [0.25, 0.3) is 0 Å². The monoisotopic (exact) mass is 592 g/mol. The first-order valence-corrected chi connectivity index (χ1v) is 16.1. The lowest BCUT2D eigenvalue weighted by atomic mass is 10.1. The van der Waals surface area contributed by atoms with Crippen molar-refractivity contribution in [3.63, 3.8) is 0 Å². The number of sulfonamides is 1. The van der Waals surface area contributed by atoms with E-state index in [-0.39, 0.29) is 0 Å². The quantitative estimate of drug-likeness (QED) is 0.150. The van der Waals surface area contributed by atoms with Crippen molar-refractivity contribution in [1.29, 1.82) is 0 Å². The number of ether oxygens (including phenoxy) is 2. The van der Waals surface area contributed by atoms with Crippen molar-refractivity contribution >= 4 is 21.4 Å². The van der Waals surface area contributed by atoms with Crippen LogP contribution in [0, 0.1) is 6.92 Å². The Balaban J connectivity index is 1.28. The van der Waals surface area contributed by atoms with Gasteiger partial charge in [-0.1, -0.05) is 84.9 Å². The van der Waals surface area contributed by atoms with E-state index in [9.17, 15) is 8.42 Å². The van der Waals surface area contributed by atoms with E-state index in [2.05, 4.69) is 46.0 Å². The van der Waals surface area contributed by atoms with Gasteiger partial charge in [-0.25, -0.2) is 8.42 Å². The van der Waals surface area contributed by atoms with Crippen LogP contribution in [0.1, 0.15) is 22.3 Å². The highest BCUT2D eigenvalue weighted by Gasteiger charge is 2.15. The number of benzene rings is 5. The average molecular weight is 593 g/mol. The van der Waals surface area contributed by atoms with E-state index in [1.165, 1.54) is 11.8 Å². The molecule has 0 spiro atoms. The summed E-state index contributed by atoms with van der Waals surface area (Å²) in [5.41, 5.74) is 5.91. The number of rotatable bonds is 13. The molecule has 0 aliphatic rings. The summed E-state index contributed by atoms with van der Waals surface area (Å²) >= 11 is 0. The maximum Gasteiger partial charge on any atom is 0.229 e. The first kappa shape index (κ1) is 29.7. The fourth-order valence-electron chi connectivity index (χ4n) is 4.88. The zero-order valence-corrected chi connectivity index (χ0v) is 25.3. The number of nitrogens with zero attached hydrogens (tertiary/aromatic N) is 1. The molecule has 1 N–H and O–H groups in total. The summed E-state index contributed by atoms with van der Waals surface area (Å²) in [4.78, 5) is 2.25. The van der Waals surface area contributed by atoms with Gasteiger partial charge in [0, 0.05) is 31.3 Å². The average Bonchev–Trinajstić information content (AvgIpc) is 3.00. The molecule has 0 saturated heterocycles. The van der Waals surface area contributed by atoms with Crippen molar-refractivity contribution in [1.82, 2.24) is 0 Å². The van der Waals surface area contributed by atoms with Crippen LogP contribution in [-0.4, -0.2) is 21.3 Å². The van der Waals surface area contributed by atoms with Crippen molar-refractivity contribution in [2.75, 3.05) is 22.5 Å². The standard InChI is InChI=1S/C36H36N2O4S/c1-28-35(37-43(2,39)40)17-10-18-36(28)38(26-30-13-7-4-8-14-30)27-31-19-21-32(22-20-31)42-34-16-9-15-33(25-34)41-24-23-29-11-5-3-6-12-29/h3-22,25,37H,23-24,26-27H2,1-2H3. The van der Waals surface area contributed by atoms with Crippen LogP contribution in [0.4, 0.5) is 11.4 Å². The molecule has 5 aromatic rings. The van der Waals surface area contributed by atoms with Crippen LogP contribution in [0.25, 0.3) is 0 Å². The van der Waals surface area contributed by atoms with E-state index >= 15 is 0 Å². The molecule has 6 nitrogen and oxygen atoms in total. The lowest BCUT2D eigenvalue weighted by Crippen LogP contribution is -2.23. The van der Waals surface area contributed by atoms with Gasteiger partial charge in [0.2, 0.25) is 10.0 Å². The molecular formula is C36H36N2O4S. The number of hydrogen-bond donors (Lipinski definition) is 1. The molecule has 0 bridgehead atoms. The highest BCUT2D eigenvalue weighted by molar-refractivity contribution is 7.92. The zero-order valence-electron chi connectivity index (χ0n) is 24.4. The van der Waals surface area contributed by atoms with Gasteiger partial charge in [-0.15, -0.1) is 0 Å². The van der Waals surface area contributed by atoms with Crippen LogP contribution in [0.5, 0.6) is 17.2 Å². The maximum absolute atomic E-state index is 12.0. The normalized spacial score (nSPS) is 11.1. The predicted octanol–water partition coefficient (Wildman–Crippen LogP) is 7.99. The minimum Gasteiger partial charge on any atom is -0.493 e. The fourth-order valence-corrected chi connectivity index (χ4v) is 5.51. The summed E-state index contributed by atoms with van der Waals surface area (Å²) in [6, 6.07) is 41.9. The van der Waals surface area contributed by atoms with Crippen LogP contribution >= 0.6 is 0 Å². The molecule has 5 aromatic carbocycles. The van der Waals surface area contributed by atoms with Crippen LogP contribution in [-0.2, 0) is 29.5 Å². The van der Waals surface area contributed by atoms with Gasteiger partial charge in [0.05, 0.1) is 18.6 Å². The van der Waals surface area contributed by atoms with E-state index in [1.807, 2.05) is 91.9 Å². The highest BCUT2D eigenvalue weighted by atomic mass is 32.2. The molecule has 5 rings (SSSR count). The highest BCUT2D eigenvalue weighted by Crippen LogP contribution is 2.31. The molecule has 0 atom stereocenters. The Hall–Kier alpha value is -4.75. The van der Waals surface area contributed by atoms with E-state index in [0.717, 1.165) is 40.3 Å². The third kappa shape index (κ3) is 8.87. The summed E-state index contributed by atoms with van der Waals surface area (Å²) in [6.45, 7) is 3.83. The van der Waals surface area contributed by atoms with Gasteiger partial charge in [-0.05, 0) is 65.6 Å². The fraction of sp³-hybridized carbons (Fsp3) is 0.167. The van der Waals surface area contributed by atoms with Crippen LogP contribution < -0.4 is 19.1 Å². The van der Waals surface area contributed by atoms with Gasteiger partial charge >= 0.3 is 0 Å². The first-order chi connectivity index (χ1) is 20.8. The molecule has 0 unspecified atom stereocenters. The predicted molar refractivity (Wildman–Crippen MR) is 175 cm³/mol. The third-order valence-electron chi connectivity index (χ3n) is 7.00. The van der Waals surface area contributed by atoms with Crippen LogP contribution in [0.2, 0.25) is 0 Å². The zero-order chi connectivity index (χ0) is 30.1. The Morgan fingerprint density at radius 3 is 1.93 bits per heavy atom. The summed E-state index contributed by atoms with van der Waals surface area (Å²) in [5.74, 6) is 2.21. The summed E-state index contributed by atoms with van der Waals surface area (Å²) in [6.07, 6.45) is 2.01. The minimum atomic E-state index is -3.40. The first-order valence-electron chi connectivity index (χ1n) is 14.2. The minimum absolute atomic E-state index is 0.577. The summed E-state index contributed by atoms with van der Waals surface area (Å²) < 4.78 is 38.7. The van der Waals surface area contributed by atoms with Gasteiger partial charge in [0.15, 0.2) is 0 Å². The van der Waals surface area contributed by atoms with Gasteiger partial charge in [-0.2, -0.15) is 0 Å². The van der Waals surface area contributed by atoms with E-state index in [4.69, 9.17) is 9.47 Å². The van der Waals surface area contributed by atoms with Gasteiger partial charge in [0.1, 0.15) is 17.2 Å². The Bertz CT molecular complexity index is 1730. The summed E-state index contributed by atoms with van der Waals surface area (Å²) in [7, 11) is -3.40. The smallest absolute Gasteiger partial charge is 0.229 e. The Kier molecular flexibility index (Phi) is 9.64. The van der Waals surface area contributed by atoms with Crippen molar-refractivity contribution in [2.45, 2.75) is 26.4 Å². The molecular weight excluding hydrogens is 556 g/mol. The Morgan fingerprint density at radius 2 is 1.26 bits per heavy atom. The molecule has 0 aliphatic carbocycles. The van der Waals surface area contributed by atoms with Gasteiger partial charge < -0.3 is 14.4 Å². The molecule has 0 amide bonds.